The van der Waals surface area contributed by atoms with Crippen molar-refractivity contribution in [2.24, 2.45) is 7.05 Å². The first-order chi connectivity index (χ1) is 12.3. The molecule has 0 aliphatic rings. The van der Waals surface area contributed by atoms with E-state index in [1.54, 1.807) is 10.9 Å². The van der Waals surface area contributed by atoms with Crippen LogP contribution in [0.5, 0.6) is 0 Å². The number of halogens is 1. The summed E-state index contributed by atoms with van der Waals surface area (Å²) in [7, 11) is 1.53. The molecule has 1 aromatic carbocycles. The lowest BCUT2D eigenvalue weighted by Crippen LogP contribution is -2.16. The maximum Gasteiger partial charge on any atom is 0.357 e. The van der Waals surface area contributed by atoms with Gasteiger partial charge in [-0.1, -0.05) is 41.4 Å². The number of benzene rings is 1. The highest BCUT2D eigenvalue weighted by atomic mass is 35.5. The molecule has 2 heterocycles. The Morgan fingerprint density at radius 2 is 1.88 bits per heavy atom. The molecule has 3 aromatic rings. The highest BCUT2D eigenvalue weighted by Gasteiger charge is 2.22. The number of aromatic nitrogens is 4. The average molecular weight is 374 g/mol. The maximum atomic E-state index is 12.4. The third-order valence-electron chi connectivity index (χ3n) is 3.69. The molecule has 0 atom stereocenters. The second-order valence-electron chi connectivity index (χ2n) is 5.83. The molecular formula is C17H16ClN5O3. The molecular weight excluding hydrogens is 358 g/mol. The average Bonchev–Trinajstić information content (AvgIpc) is 3.13. The lowest BCUT2D eigenvalue weighted by molar-refractivity contribution is 0.0685. The van der Waals surface area contributed by atoms with Gasteiger partial charge in [-0.2, -0.15) is 10.2 Å². The van der Waals surface area contributed by atoms with Crippen LogP contribution in [0, 0.1) is 6.92 Å². The van der Waals surface area contributed by atoms with Crippen LogP contribution in [0.25, 0.3) is 0 Å². The largest absolute Gasteiger partial charge is 0.476 e. The summed E-state index contributed by atoms with van der Waals surface area (Å²) in [5.74, 6) is -1.77. The van der Waals surface area contributed by atoms with Crippen molar-refractivity contribution in [2.75, 3.05) is 5.32 Å². The normalized spacial score (nSPS) is 10.7. The van der Waals surface area contributed by atoms with Crippen LogP contribution in [0.4, 0.5) is 5.82 Å². The molecule has 0 aliphatic carbocycles. The van der Waals surface area contributed by atoms with Crippen molar-refractivity contribution < 1.29 is 14.7 Å². The molecule has 0 spiro atoms. The van der Waals surface area contributed by atoms with Gasteiger partial charge >= 0.3 is 5.97 Å². The van der Waals surface area contributed by atoms with Gasteiger partial charge in [-0.25, -0.2) is 4.79 Å². The number of rotatable bonds is 5. The number of aryl methyl sites for hydroxylation is 2. The first-order valence-electron chi connectivity index (χ1n) is 7.70. The number of hydrogen-bond donors (Lipinski definition) is 2. The highest BCUT2D eigenvalue weighted by molar-refractivity contribution is 6.33. The van der Waals surface area contributed by atoms with Crippen molar-refractivity contribution in [1.82, 2.24) is 19.6 Å². The minimum absolute atomic E-state index is 0.0656. The summed E-state index contributed by atoms with van der Waals surface area (Å²) in [6.07, 6.45) is 2.92. The fourth-order valence-corrected chi connectivity index (χ4v) is 2.63. The van der Waals surface area contributed by atoms with Crippen LogP contribution in [-0.4, -0.2) is 36.5 Å². The predicted molar refractivity (Wildman–Crippen MR) is 95.6 cm³/mol. The number of anilines is 1. The minimum Gasteiger partial charge on any atom is -0.476 e. The van der Waals surface area contributed by atoms with E-state index in [4.69, 9.17) is 16.7 Å². The van der Waals surface area contributed by atoms with Gasteiger partial charge in [0.05, 0.1) is 12.1 Å². The fraction of sp³-hybridized carbons (Fsp3) is 0.176. The molecule has 134 valence electrons. The zero-order valence-electron chi connectivity index (χ0n) is 14.1. The zero-order chi connectivity index (χ0) is 18.8. The number of nitrogens with one attached hydrogen (secondary N) is 1. The van der Waals surface area contributed by atoms with Gasteiger partial charge in [-0.05, 0) is 12.5 Å². The molecule has 3 rings (SSSR count). The summed E-state index contributed by atoms with van der Waals surface area (Å²) in [6, 6.07) is 7.97. The molecule has 1 amide bonds. The van der Waals surface area contributed by atoms with Gasteiger partial charge < -0.3 is 10.4 Å². The second-order valence-corrected chi connectivity index (χ2v) is 6.24. The number of aromatic carboxylic acids is 1. The van der Waals surface area contributed by atoms with Gasteiger partial charge in [0.1, 0.15) is 5.02 Å². The molecule has 0 saturated carbocycles. The number of hydrogen-bond acceptors (Lipinski definition) is 4. The Morgan fingerprint density at radius 1 is 1.19 bits per heavy atom. The standard InChI is InChI=1S/C17H16ClN5O3/c1-10-3-5-11(6-4-10)7-23-9-13(18)15(21-23)19-16(24)12-8-22(2)20-14(12)17(25)26/h3-6,8-9H,7H2,1-2H3,(H,25,26)(H,19,21,24). The second kappa shape index (κ2) is 7.01. The van der Waals surface area contributed by atoms with E-state index in [1.165, 1.54) is 17.9 Å². The van der Waals surface area contributed by atoms with Gasteiger partial charge in [-0.3, -0.25) is 14.2 Å². The minimum atomic E-state index is -1.29. The van der Waals surface area contributed by atoms with E-state index in [-0.39, 0.29) is 22.1 Å². The molecule has 26 heavy (non-hydrogen) atoms. The Hall–Kier alpha value is -3.13. The predicted octanol–water partition coefficient (Wildman–Crippen LogP) is 2.58. The van der Waals surface area contributed by atoms with Crippen molar-refractivity contribution in [3.63, 3.8) is 0 Å². The Kier molecular flexibility index (Phi) is 4.77. The fourth-order valence-electron chi connectivity index (χ4n) is 2.43. The SMILES string of the molecule is Cc1ccc(Cn2cc(Cl)c(NC(=O)c3cn(C)nc3C(=O)O)n2)cc1. The molecule has 0 radical (unpaired) electrons. The Labute approximate surface area is 154 Å². The summed E-state index contributed by atoms with van der Waals surface area (Å²) in [6.45, 7) is 2.50. The van der Waals surface area contributed by atoms with Crippen molar-refractivity contribution in [3.8, 4) is 0 Å². The van der Waals surface area contributed by atoms with Crippen LogP contribution < -0.4 is 5.32 Å². The number of carboxylic acid groups (broad SMARTS) is 1. The van der Waals surface area contributed by atoms with Crippen LogP contribution in [0.2, 0.25) is 5.02 Å². The third-order valence-corrected chi connectivity index (χ3v) is 3.97. The molecule has 2 aromatic heterocycles. The summed E-state index contributed by atoms with van der Waals surface area (Å²) >= 11 is 6.14. The lowest BCUT2D eigenvalue weighted by atomic mass is 10.1. The zero-order valence-corrected chi connectivity index (χ0v) is 14.9. The van der Waals surface area contributed by atoms with E-state index in [1.807, 2.05) is 31.2 Å². The van der Waals surface area contributed by atoms with Crippen LogP contribution in [0.3, 0.4) is 0 Å². The highest BCUT2D eigenvalue weighted by Crippen LogP contribution is 2.21. The van der Waals surface area contributed by atoms with Gasteiger partial charge in [0, 0.05) is 19.4 Å². The van der Waals surface area contributed by atoms with E-state index < -0.39 is 11.9 Å². The van der Waals surface area contributed by atoms with Crippen molar-refractivity contribution in [2.45, 2.75) is 13.5 Å². The van der Waals surface area contributed by atoms with Gasteiger partial charge in [-0.15, -0.1) is 0 Å². The topological polar surface area (TPSA) is 102 Å². The first kappa shape index (κ1) is 17.7. The quantitative estimate of drug-likeness (QED) is 0.715. The molecule has 2 N–H and O–H groups in total. The monoisotopic (exact) mass is 373 g/mol. The lowest BCUT2D eigenvalue weighted by Gasteiger charge is -2.03. The third kappa shape index (κ3) is 3.75. The molecule has 0 aliphatic heterocycles. The van der Waals surface area contributed by atoms with Gasteiger partial charge in [0.15, 0.2) is 11.5 Å². The summed E-state index contributed by atoms with van der Waals surface area (Å²) in [5.41, 5.74) is 1.79. The summed E-state index contributed by atoms with van der Waals surface area (Å²) in [5, 5.41) is 19.9. The number of carboxylic acids is 1. The maximum absolute atomic E-state index is 12.4. The van der Waals surface area contributed by atoms with Crippen molar-refractivity contribution in [1.29, 1.82) is 0 Å². The molecule has 0 bridgehead atoms. The number of amides is 1. The Balaban J connectivity index is 1.78. The van der Waals surface area contributed by atoms with Gasteiger partial charge in [0.25, 0.3) is 5.91 Å². The van der Waals surface area contributed by atoms with Gasteiger partial charge in [0.2, 0.25) is 0 Å². The molecule has 8 nitrogen and oxygen atoms in total. The summed E-state index contributed by atoms with van der Waals surface area (Å²) in [4.78, 5) is 23.6. The van der Waals surface area contributed by atoms with Crippen LogP contribution >= 0.6 is 11.6 Å². The smallest absolute Gasteiger partial charge is 0.357 e. The van der Waals surface area contributed by atoms with E-state index in [0.717, 1.165) is 11.1 Å². The van der Waals surface area contributed by atoms with Crippen LogP contribution in [-0.2, 0) is 13.6 Å². The number of carbonyl (C=O) groups is 2. The molecule has 0 unspecified atom stereocenters. The van der Waals surface area contributed by atoms with E-state index >= 15 is 0 Å². The van der Waals surface area contributed by atoms with E-state index in [0.29, 0.717) is 6.54 Å². The molecule has 0 fully saturated rings. The van der Waals surface area contributed by atoms with Crippen LogP contribution in [0.1, 0.15) is 32.0 Å². The van der Waals surface area contributed by atoms with Crippen LogP contribution in [0.15, 0.2) is 36.7 Å². The number of carbonyl (C=O) groups excluding carboxylic acids is 1. The number of nitrogens with zero attached hydrogens (tertiary/aromatic N) is 4. The molecule has 9 heteroatoms. The van der Waals surface area contributed by atoms with E-state index in [9.17, 15) is 9.59 Å². The first-order valence-corrected chi connectivity index (χ1v) is 8.08. The van der Waals surface area contributed by atoms with Crippen molar-refractivity contribution in [3.05, 3.63) is 64.1 Å². The summed E-state index contributed by atoms with van der Waals surface area (Å²) < 4.78 is 2.86. The van der Waals surface area contributed by atoms with Crippen molar-refractivity contribution >= 4 is 29.3 Å². The Bertz CT molecular complexity index is 975. The van der Waals surface area contributed by atoms with E-state index in [2.05, 4.69) is 15.5 Å². The Morgan fingerprint density at radius 3 is 2.54 bits per heavy atom. The molecule has 0 saturated heterocycles.